The molecule has 1 aliphatic rings. The SMILES string of the molecule is CN1C(=O)c2c(ncn2CC(=O)Nc2ccnc(Cl)n2)N(C)C1O. The topological polar surface area (TPSA) is 116 Å². The van der Waals surface area contributed by atoms with E-state index in [1.807, 2.05) is 0 Å². The van der Waals surface area contributed by atoms with Crippen LogP contribution in [0.5, 0.6) is 0 Å². The molecule has 10 nitrogen and oxygen atoms in total. The van der Waals surface area contributed by atoms with Gasteiger partial charge in [0.15, 0.2) is 11.5 Å². The van der Waals surface area contributed by atoms with Gasteiger partial charge in [-0.2, -0.15) is 0 Å². The summed E-state index contributed by atoms with van der Waals surface area (Å²) >= 11 is 5.66. The molecule has 24 heavy (non-hydrogen) atoms. The third kappa shape index (κ3) is 2.76. The van der Waals surface area contributed by atoms with Gasteiger partial charge in [0.2, 0.25) is 17.5 Å². The minimum atomic E-state index is -1.11. The normalized spacial score (nSPS) is 17.0. The lowest BCUT2D eigenvalue weighted by molar-refractivity contribution is -0.116. The molecule has 0 saturated heterocycles. The van der Waals surface area contributed by atoms with Gasteiger partial charge in [-0.05, 0) is 17.7 Å². The number of carbonyl (C=O) groups excluding carboxylic acids is 2. The fourth-order valence-corrected chi connectivity index (χ4v) is 2.50. The summed E-state index contributed by atoms with van der Waals surface area (Å²) in [5.74, 6) is -0.270. The molecule has 0 aliphatic carbocycles. The monoisotopic (exact) mass is 351 g/mol. The summed E-state index contributed by atoms with van der Waals surface area (Å²) in [5.41, 5.74) is 0.223. The van der Waals surface area contributed by atoms with E-state index >= 15 is 0 Å². The number of fused-ring (bicyclic) bond motifs is 1. The molecular weight excluding hydrogens is 338 g/mol. The van der Waals surface area contributed by atoms with Crippen LogP contribution in [0.15, 0.2) is 18.6 Å². The molecule has 0 aromatic carbocycles. The zero-order valence-corrected chi connectivity index (χ0v) is 13.6. The summed E-state index contributed by atoms with van der Waals surface area (Å²) in [4.78, 5) is 38.8. The van der Waals surface area contributed by atoms with Gasteiger partial charge in [-0.15, -0.1) is 0 Å². The van der Waals surface area contributed by atoms with Gasteiger partial charge in [-0.3, -0.25) is 14.5 Å². The standard InChI is InChI=1S/C13H14ClN7O3/c1-19-10-9(11(23)20(2)13(19)24)21(6-16-10)5-8(22)17-7-3-4-15-12(14)18-7/h3-4,6,13,24H,5H2,1-2H3,(H,15,17,18,22). The van der Waals surface area contributed by atoms with Crippen LogP contribution in [0.2, 0.25) is 5.28 Å². The number of rotatable bonds is 3. The number of anilines is 2. The van der Waals surface area contributed by atoms with Crippen LogP contribution < -0.4 is 10.2 Å². The van der Waals surface area contributed by atoms with Crippen molar-refractivity contribution in [3.05, 3.63) is 29.6 Å². The molecule has 3 heterocycles. The van der Waals surface area contributed by atoms with Crippen LogP contribution in [0.3, 0.4) is 0 Å². The molecule has 11 heteroatoms. The largest absolute Gasteiger partial charge is 0.356 e. The zero-order chi connectivity index (χ0) is 17.4. The molecule has 2 aromatic heterocycles. The molecule has 2 N–H and O–H groups in total. The number of amides is 2. The lowest BCUT2D eigenvalue weighted by Gasteiger charge is -2.36. The van der Waals surface area contributed by atoms with Crippen LogP contribution in [0.25, 0.3) is 0 Å². The summed E-state index contributed by atoms with van der Waals surface area (Å²) in [6.45, 7) is -0.145. The number of halogens is 1. The molecule has 1 atom stereocenters. The highest BCUT2D eigenvalue weighted by molar-refractivity contribution is 6.28. The number of hydrogen-bond acceptors (Lipinski definition) is 7. The first-order chi connectivity index (χ1) is 11.4. The fourth-order valence-electron chi connectivity index (χ4n) is 2.35. The van der Waals surface area contributed by atoms with E-state index in [0.717, 1.165) is 4.90 Å². The maximum absolute atomic E-state index is 12.3. The van der Waals surface area contributed by atoms with Crippen molar-refractivity contribution in [2.24, 2.45) is 0 Å². The number of nitrogens with zero attached hydrogens (tertiary/aromatic N) is 6. The number of aromatic nitrogens is 4. The number of imidazole rings is 1. The zero-order valence-electron chi connectivity index (χ0n) is 12.8. The maximum atomic E-state index is 12.3. The van der Waals surface area contributed by atoms with Gasteiger partial charge in [0.25, 0.3) is 5.91 Å². The van der Waals surface area contributed by atoms with Crippen molar-refractivity contribution in [1.29, 1.82) is 0 Å². The van der Waals surface area contributed by atoms with Crippen LogP contribution in [0, 0.1) is 0 Å². The van der Waals surface area contributed by atoms with Crippen LogP contribution in [0.4, 0.5) is 11.6 Å². The van der Waals surface area contributed by atoms with Gasteiger partial charge >= 0.3 is 0 Å². The second kappa shape index (κ2) is 6.06. The molecule has 2 amide bonds. The molecule has 3 rings (SSSR count). The van der Waals surface area contributed by atoms with Gasteiger partial charge in [0.05, 0.1) is 6.33 Å². The summed E-state index contributed by atoms with van der Waals surface area (Å²) in [5, 5.41) is 12.5. The molecule has 2 aromatic rings. The van der Waals surface area contributed by atoms with Crippen molar-refractivity contribution < 1.29 is 14.7 Å². The van der Waals surface area contributed by atoms with Crippen LogP contribution in [-0.2, 0) is 11.3 Å². The second-order valence-corrected chi connectivity index (χ2v) is 5.52. The lowest BCUT2D eigenvalue weighted by Crippen LogP contribution is -2.52. The second-order valence-electron chi connectivity index (χ2n) is 5.18. The van der Waals surface area contributed by atoms with Crippen LogP contribution >= 0.6 is 11.6 Å². The summed E-state index contributed by atoms with van der Waals surface area (Å²) < 4.78 is 1.41. The van der Waals surface area contributed by atoms with Crippen molar-refractivity contribution in [3.63, 3.8) is 0 Å². The average molecular weight is 352 g/mol. The highest BCUT2D eigenvalue weighted by atomic mass is 35.5. The van der Waals surface area contributed by atoms with Gasteiger partial charge in [0, 0.05) is 20.3 Å². The lowest BCUT2D eigenvalue weighted by atomic mass is 10.3. The Labute approximate surface area is 141 Å². The summed E-state index contributed by atoms with van der Waals surface area (Å²) in [6, 6.07) is 1.50. The Morgan fingerprint density at radius 3 is 2.83 bits per heavy atom. The van der Waals surface area contributed by atoms with Gasteiger partial charge < -0.3 is 19.9 Å². The third-order valence-corrected chi connectivity index (χ3v) is 3.76. The summed E-state index contributed by atoms with van der Waals surface area (Å²) in [7, 11) is 3.07. The molecule has 0 spiro atoms. The Morgan fingerprint density at radius 2 is 2.12 bits per heavy atom. The van der Waals surface area contributed by atoms with Crippen molar-refractivity contribution in [2.75, 3.05) is 24.3 Å². The van der Waals surface area contributed by atoms with Crippen molar-refractivity contribution in [2.45, 2.75) is 12.9 Å². The third-order valence-electron chi connectivity index (χ3n) is 3.58. The Kier molecular flexibility index (Phi) is 4.08. The minimum Gasteiger partial charge on any atom is -0.356 e. The Hall–Kier alpha value is -2.72. The van der Waals surface area contributed by atoms with Gasteiger partial charge in [-0.1, -0.05) is 0 Å². The highest BCUT2D eigenvalue weighted by Crippen LogP contribution is 2.26. The van der Waals surface area contributed by atoms with E-state index in [0.29, 0.717) is 5.82 Å². The van der Waals surface area contributed by atoms with E-state index in [9.17, 15) is 14.7 Å². The number of aliphatic hydroxyl groups is 1. The number of nitrogens with one attached hydrogen (secondary N) is 1. The Morgan fingerprint density at radius 1 is 1.38 bits per heavy atom. The van der Waals surface area contributed by atoms with Crippen molar-refractivity contribution in [1.82, 2.24) is 24.4 Å². The quantitative estimate of drug-likeness (QED) is 0.733. The Balaban J connectivity index is 1.81. The average Bonchev–Trinajstić information content (AvgIpc) is 2.94. The van der Waals surface area contributed by atoms with Crippen molar-refractivity contribution >= 4 is 35.1 Å². The van der Waals surface area contributed by atoms with Crippen molar-refractivity contribution in [3.8, 4) is 0 Å². The molecule has 0 fully saturated rings. The maximum Gasteiger partial charge on any atom is 0.277 e. The van der Waals surface area contributed by atoms with Gasteiger partial charge in [-0.25, -0.2) is 15.0 Å². The van der Waals surface area contributed by atoms with E-state index in [4.69, 9.17) is 11.6 Å². The van der Waals surface area contributed by atoms with E-state index in [1.165, 1.54) is 35.1 Å². The smallest absolute Gasteiger partial charge is 0.277 e. The molecule has 0 radical (unpaired) electrons. The first-order valence-corrected chi connectivity index (χ1v) is 7.28. The predicted octanol–water partition coefficient (Wildman–Crippen LogP) is -0.237. The predicted molar refractivity (Wildman–Crippen MR) is 84.4 cm³/mol. The number of hydrogen-bond donors (Lipinski definition) is 2. The molecule has 1 unspecified atom stereocenters. The van der Waals surface area contributed by atoms with Crippen LogP contribution in [0.1, 0.15) is 10.5 Å². The molecule has 0 bridgehead atoms. The van der Waals surface area contributed by atoms with E-state index in [1.54, 1.807) is 7.05 Å². The first-order valence-electron chi connectivity index (χ1n) is 6.90. The molecular formula is C13H14ClN7O3. The highest BCUT2D eigenvalue weighted by Gasteiger charge is 2.36. The molecule has 0 saturated carbocycles. The Bertz CT molecular complexity index is 809. The summed E-state index contributed by atoms with van der Waals surface area (Å²) in [6.07, 6.45) is 1.68. The molecule has 1 aliphatic heterocycles. The number of carbonyl (C=O) groups is 2. The van der Waals surface area contributed by atoms with Crippen LogP contribution in [-0.4, -0.2) is 61.8 Å². The van der Waals surface area contributed by atoms with Gasteiger partial charge in [0.1, 0.15) is 12.4 Å². The fraction of sp³-hybridized carbons (Fsp3) is 0.308. The van der Waals surface area contributed by atoms with E-state index in [2.05, 4.69) is 20.3 Å². The number of aliphatic hydroxyl groups excluding tert-OH is 1. The van der Waals surface area contributed by atoms with E-state index in [-0.39, 0.29) is 23.3 Å². The first kappa shape index (κ1) is 16.1. The van der Waals surface area contributed by atoms with E-state index < -0.39 is 18.2 Å². The minimum absolute atomic E-state index is 0.0141. The molecule has 126 valence electrons.